The first-order chi connectivity index (χ1) is 21.0. The van der Waals surface area contributed by atoms with Crippen LogP contribution < -0.4 is 20.4 Å². The molecule has 4 heterocycles. The number of nitrogens with one attached hydrogen (secondary N) is 1. The summed E-state index contributed by atoms with van der Waals surface area (Å²) < 4.78 is 33.1. The number of carbonyl (C=O) groups is 1. The van der Waals surface area contributed by atoms with Crippen LogP contribution in [0.4, 0.5) is 10.2 Å². The van der Waals surface area contributed by atoms with Gasteiger partial charge in [-0.3, -0.25) is 19.2 Å². The number of amides is 1. The molecule has 0 radical (unpaired) electrons. The van der Waals surface area contributed by atoms with Crippen LogP contribution in [-0.2, 0) is 17.7 Å². The number of morpholine rings is 1. The Morgan fingerprint density at radius 2 is 1.95 bits per heavy atom. The van der Waals surface area contributed by atoms with E-state index in [-0.39, 0.29) is 24.6 Å². The Morgan fingerprint density at radius 1 is 1.12 bits per heavy atom. The third-order valence-corrected chi connectivity index (χ3v) is 7.37. The van der Waals surface area contributed by atoms with Crippen molar-refractivity contribution in [2.45, 2.75) is 19.1 Å². The molecule has 1 atom stereocenters. The molecular weight excluding hydrogens is 555 g/mol. The second-order valence-corrected chi connectivity index (χ2v) is 10.4. The number of rotatable bonds is 10. The van der Waals surface area contributed by atoms with Crippen LogP contribution in [0.2, 0.25) is 0 Å². The molecule has 1 saturated heterocycles. The summed E-state index contributed by atoms with van der Waals surface area (Å²) in [5, 5.41) is 14.9. The first-order valence-electron chi connectivity index (χ1n) is 14.3. The van der Waals surface area contributed by atoms with E-state index in [2.05, 4.69) is 20.2 Å². The molecule has 0 saturated carbocycles. The van der Waals surface area contributed by atoms with Gasteiger partial charge in [0.1, 0.15) is 29.9 Å². The van der Waals surface area contributed by atoms with Gasteiger partial charge in [0.05, 0.1) is 25.4 Å². The molecule has 2 aromatic carbocycles. The van der Waals surface area contributed by atoms with E-state index in [1.807, 2.05) is 10.6 Å². The summed E-state index contributed by atoms with van der Waals surface area (Å²) in [5.74, 6) is 0.794. The summed E-state index contributed by atoms with van der Waals surface area (Å²) in [7, 11) is 0. The standard InChI is InChI=1S/C31H33FN6O5/c32-23-5-3-21(4-6-23)9-15-42-28-26(43-20-24(39)19-37-13-16-41-17-14-37)8-7-25-27(28)35-31(38-12-11-34-29(25)38)36-30(40)22-2-1-10-33-18-22/h1-8,10,18,24,34,39H,9,11-17,19-20H2. The van der Waals surface area contributed by atoms with Gasteiger partial charge < -0.3 is 24.6 Å². The molecule has 4 aromatic rings. The Balaban J connectivity index is 1.33. The third kappa shape index (κ3) is 6.82. The molecule has 12 heteroatoms. The molecule has 0 spiro atoms. The Morgan fingerprint density at radius 3 is 2.74 bits per heavy atom. The number of benzene rings is 2. The SMILES string of the molecule is O=C(N=c1nc2c(OCCc3ccc(F)cc3)c(OCC(O)CN3CCOCC3)ccc2c2n1CCN2)c1cccnc1. The van der Waals surface area contributed by atoms with Gasteiger partial charge in [0.15, 0.2) is 11.5 Å². The number of pyridine rings is 1. The lowest BCUT2D eigenvalue weighted by Gasteiger charge is -2.28. The van der Waals surface area contributed by atoms with Gasteiger partial charge in [-0.1, -0.05) is 12.1 Å². The zero-order chi connectivity index (χ0) is 29.6. The lowest BCUT2D eigenvalue weighted by Crippen LogP contribution is -2.42. The zero-order valence-electron chi connectivity index (χ0n) is 23.6. The molecule has 1 unspecified atom stereocenters. The van der Waals surface area contributed by atoms with Gasteiger partial charge in [-0.15, -0.1) is 0 Å². The van der Waals surface area contributed by atoms with Gasteiger partial charge in [0.2, 0.25) is 5.62 Å². The molecule has 6 rings (SSSR count). The highest BCUT2D eigenvalue weighted by Crippen LogP contribution is 2.37. The topological polar surface area (TPSA) is 123 Å². The summed E-state index contributed by atoms with van der Waals surface area (Å²) in [5.41, 5.74) is 1.97. The molecule has 1 fully saturated rings. The minimum Gasteiger partial charge on any atom is -0.487 e. The van der Waals surface area contributed by atoms with E-state index in [9.17, 15) is 14.3 Å². The monoisotopic (exact) mass is 588 g/mol. The first-order valence-corrected chi connectivity index (χ1v) is 14.3. The summed E-state index contributed by atoms with van der Waals surface area (Å²) >= 11 is 0. The number of carbonyl (C=O) groups excluding carboxylic acids is 1. The fourth-order valence-corrected chi connectivity index (χ4v) is 5.17. The van der Waals surface area contributed by atoms with Crippen molar-refractivity contribution in [3.8, 4) is 11.5 Å². The molecule has 2 aliphatic heterocycles. The maximum absolute atomic E-state index is 13.4. The van der Waals surface area contributed by atoms with Crippen LogP contribution in [0.25, 0.3) is 10.9 Å². The maximum Gasteiger partial charge on any atom is 0.281 e. The van der Waals surface area contributed by atoms with Crippen molar-refractivity contribution in [1.82, 2.24) is 19.4 Å². The van der Waals surface area contributed by atoms with E-state index in [4.69, 9.17) is 19.2 Å². The van der Waals surface area contributed by atoms with E-state index in [1.54, 1.807) is 36.5 Å². The minimum absolute atomic E-state index is 0.0475. The molecule has 0 aliphatic carbocycles. The second kappa shape index (κ2) is 13.3. The Kier molecular flexibility index (Phi) is 8.87. The largest absolute Gasteiger partial charge is 0.487 e. The van der Waals surface area contributed by atoms with Crippen molar-refractivity contribution in [2.24, 2.45) is 4.99 Å². The van der Waals surface area contributed by atoms with Crippen LogP contribution in [0, 0.1) is 5.82 Å². The molecule has 11 nitrogen and oxygen atoms in total. The number of nitrogens with zero attached hydrogens (tertiary/aromatic N) is 5. The summed E-state index contributed by atoms with van der Waals surface area (Å²) in [6.07, 6.45) is 2.85. The number of β-amino-alcohol motifs (C(OH)–C–C–N with tert-alkyl or cyclic N) is 1. The molecule has 43 heavy (non-hydrogen) atoms. The predicted molar refractivity (Wildman–Crippen MR) is 157 cm³/mol. The quantitative estimate of drug-likeness (QED) is 0.288. The normalized spacial score (nSPS) is 16.1. The van der Waals surface area contributed by atoms with E-state index >= 15 is 0 Å². The average molecular weight is 589 g/mol. The average Bonchev–Trinajstić information content (AvgIpc) is 3.53. The summed E-state index contributed by atoms with van der Waals surface area (Å²) in [4.78, 5) is 28.3. The predicted octanol–water partition coefficient (Wildman–Crippen LogP) is 2.43. The zero-order valence-corrected chi connectivity index (χ0v) is 23.6. The molecular formula is C31H33FN6O5. The van der Waals surface area contributed by atoms with Crippen LogP contribution >= 0.6 is 0 Å². The summed E-state index contributed by atoms with van der Waals surface area (Å²) in [6, 6.07) is 13.3. The number of aromatic nitrogens is 3. The Bertz CT molecular complexity index is 1640. The van der Waals surface area contributed by atoms with Crippen molar-refractivity contribution in [3.05, 3.63) is 83.5 Å². The lowest BCUT2D eigenvalue weighted by molar-refractivity contribution is 0.00442. The number of hydrogen-bond acceptors (Lipinski definition) is 9. The van der Waals surface area contributed by atoms with Crippen molar-refractivity contribution in [3.63, 3.8) is 0 Å². The fraction of sp³-hybridized carbons (Fsp3) is 0.355. The van der Waals surface area contributed by atoms with Crippen LogP contribution in [0.15, 0.2) is 65.9 Å². The number of anilines is 1. The highest BCUT2D eigenvalue weighted by Gasteiger charge is 2.22. The van der Waals surface area contributed by atoms with E-state index < -0.39 is 12.0 Å². The van der Waals surface area contributed by atoms with Crippen molar-refractivity contribution >= 4 is 22.6 Å². The summed E-state index contributed by atoms with van der Waals surface area (Å²) in [6.45, 7) is 4.81. The highest BCUT2D eigenvalue weighted by molar-refractivity contribution is 5.96. The molecule has 224 valence electrons. The maximum atomic E-state index is 13.4. The smallest absolute Gasteiger partial charge is 0.281 e. The Hall–Kier alpha value is -4.39. The molecule has 0 bridgehead atoms. The third-order valence-electron chi connectivity index (χ3n) is 7.37. The van der Waals surface area contributed by atoms with Gasteiger partial charge in [-0.2, -0.15) is 4.99 Å². The lowest BCUT2D eigenvalue weighted by atomic mass is 10.1. The van der Waals surface area contributed by atoms with Crippen molar-refractivity contribution in [2.75, 3.05) is 57.9 Å². The number of ether oxygens (including phenoxy) is 3. The minimum atomic E-state index is -0.728. The number of aliphatic hydroxyl groups excluding tert-OH is 1. The molecule has 2 aliphatic rings. The highest BCUT2D eigenvalue weighted by atomic mass is 19.1. The Labute approximate surface area is 247 Å². The van der Waals surface area contributed by atoms with E-state index in [0.717, 1.165) is 29.9 Å². The van der Waals surface area contributed by atoms with Crippen LogP contribution in [0.1, 0.15) is 15.9 Å². The second-order valence-electron chi connectivity index (χ2n) is 10.4. The number of hydrogen-bond donors (Lipinski definition) is 2. The van der Waals surface area contributed by atoms with Crippen LogP contribution in [-0.4, -0.2) is 89.2 Å². The number of fused-ring (bicyclic) bond motifs is 3. The van der Waals surface area contributed by atoms with Gasteiger partial charge in [-0.05, 0) is 42.0 Å². The van der Waals surface area contributed by atoms with Gasteiger partial charge >= 0.3 is 0 Å². The number of halogens is 1. The van der Waals surface area contributed by atoms with Gasteiger partial charge in [-0.25, -0.2) is 9.37 Å². The first kappa shape index (κ1) is 28.7. The van der Waals surface area contributed by atoms with Gasteiger partial charge in [0, 0.05) is 56.9 Å². The molecule has 2 aromatic heterocycles. The van der Waals surface area contributed by atoms with Gasteiger partial charge in [0.25, 0.3) is 5.91 Å². The van der Waals surface area contributed by atoms with Crippen molar-refractivity contribution in [1.29, 1.82) is 0 Å². The van der Waals surface area contributed by atoms with Crippen LogP contribution in [0.3, 0.4) is 0 Å². The number of aliphatic hydroxyl groups is 1. The van der Waals surface area contributed by atoms with E-state index in [1.165, 1.54) is 18.3 Å². The molecule has 1 amide bonds. The van der Waals surface area contributed by atoms with Crippen molar-refractivity contribution < 1.29 is 28.5 Å². The van der Waals surface area contributed by atoms with Crippen LogP contribution in [0.5, 0.6) is 11.5 Å². The van der Waals surface area contributed by atoms with E-state index in [0.29, 0.717) is 61.8 Å². The fourth-order valence-electron chi connectivity index (χ4n) is 5.17. The molecule has 2 N–H and O–H groups in total.